The number of carboxylic acid groups (broad SMARTS) is 1. The molecule has 0 fully saturated rings. The summed E-state index contributed by atoms with van der Waals surface area (Å²) >= 11 is 0. The highest BCUT2D eigenvalue weighted by molar-refractivity contribution is 5.85. The molecule has 0 aliphatic rings. The van der Waals surface area contributed by atoms with Crippen molar-refractivity contribution in [1.82, 2.24) is 0 Å². The third-order valence-corrected chi connectivity index (χ3v) is 2.28. The van der Waals surface area contributed by atoms with Crippen LogP contribution in [0.5, 0.6) is 5.75 Å². The summed E-state index contributed by atoms with van der Waals surface area (Å²) < 4.78 is 5.53. The fourth-order valence-electron chi connectivity index (χ4n) is 1.33. The Labute approximate surface area is 114 Å². The van der Waals surface area contributed by atoms with Gasteiger partial charge in [-0.05, 0) is 30.0 Å². The van der Waals surface area contributed by atoms with Crippen molar-refractivity contribution in [3.8, 4) is 5.75 Å². The third kappa shape index (κ3) is 5.89. The Morgan fingerprint density at radius 3 is 2.33 bits per heavy atom. The highest BCUT2D eigenvalue weighted by Gasteiger charge is 2.11. The molecule has 4 nitrogen and oxygen atoms in total. The number of hydrogen-bond donors (Lipinski definition) is 2. The molecule has 5 heteroatoms. The number of ether oxygens (including phenoxy) is 1. The van der Waals surface area contributed by atoms with Crippen LogP contribution in [0, 0.1) is 5.92 Å². The summed E-state index contributed by atoms with van der Waals surface area (Å²) in [7, 11) is 0. The van der Waals surface area contributed by atoms with Crippen LogP contribution in [0.15, 0.2) is 24.3 Å². The van der Waals surface area contributed by atoms with E-state index in [1.54, 1.807) is 0 Å². The Kier molecular flexibility index (Phi) is 7.39. The number of halogens is 1. The minimum absolute atomic E-state index is 0. The molecule has 1 rings (SSSR count). The molecule has 0 spiro atoms. The van der Waals surface area contributed by atoms with Gasteiger partial charge in [-0.25, -0.2) is 0 Å². The highest BCUT2D eigenvalue weighted by atomic mass is 35.5. The normalized spacial score (nSPS) is 11.8. The quantitative estimate of drug-likeness (QED) is 0.832. The lowest BCUT2D eigenvalue weighted by Crippen LogP contribution is -2.32. The molecule has 1 aromatic carbocycles. The maximum Gasteiger partial charge on any atom is 0.320 e. The van der Waals surface area contributed by atoms with Crippen LogP contribution in [0.4, 0.5) is 0 Å². The van der Waals surface area contributed by atoms with Gasteiger partial charge in [-0.1, -0.05) is 26.0 Å². The third-order valence-electron chi connectivity index (χ3n) is 2.28. The van der Waals surface area contributed by atoms with Gasteiger partial charge < -0.3 is 15.6 Å². The molecule has 3 N–H and O–H groups in total. The molecule has 1 aromatic rings. The molecule has 0 heterocycles. The molecule has 0 saturated heterocycles. The monoisotopic (exact) mass is 273 g/mol. The lowest BCUT2D eigenvalue weighted by atomic mass is 10.1. The van der Waals surface area contributed by atoms with E-state index in [2.05, 4.69) is 13.8 Å². The molecule has 0 aliphatic heterocycles. The molecule has 1 atom stereocenters. The van der Waals surface area contributed by atoms with Gasteiger partial charge in [0.2, 0.25) is 0 Å². The Morgan fingerprint density at radius 2 is 1.89 bits per heavy atom. The predicted octanol–water partition coefficient (Wildman–Crippen LogP) is 2.10. The van der Waals surface area contributed by atoms with Crippen molar-refractivity contribution in [2.24, 2.45) is 11.7 Å². The van der Waals surface area contributed by atoms with Crippen molar-refractivity contribution < 1.29 is 14.6 Å². The van der Waals surface area contributed by atoms with Crippen LogP contribution >= 0.6 is 12.4 Å². The van der Waals surface area contributed by atoms with E-state index in [9.17, 15) is 4.79 Å². The number of aliphatic carboxylic acids is 1. The minimum Gasteiger partial charge on any atom is -0.493 e. The van der Waals surface area contributed by atoms with Gasteiger partial charge in [0, 0.05) is 0 Å². The molecule has 0 bridgehead atoms. The summed E-state index contributed by atoms with van der Waals surface area (Å²) in [5.41, 5.74) is 6.35. The maximum absolute atomic E-state index is 10.6. The van der Waals surface area contributed by atoms with E-state index < -0.39 is 12.0 Å². The topological polar surface area (TPSA) is 72.5 Å². The van der Waals surface area contributed by atoms with Gasteiger partial charge in [-0.2, -0.15) is 0 Å². The zero-order valence-electron chi connectivity index (χ0n) is 10.6. The second-order valence-corrected chi connectivity index (χ2v) is 4.50. The molecular weight excluding hydrogens is 254 g/mol. The van der Waals surface area contributed by atoms with E-state index in [0.29, 0.717) is 18.9 Å². The van der Waals surface area contributed by atoms with Crippen LogP contribution in [0.3, 0.4) is 0 Å². The van der Waals surface area contributed by atoms with E-state index in [1.807, 2.05) is 24.3 Å². The van der Waals surface area contributed by atoms with Crippen LogP contribution in [-0.4, -0.2) is 23.7 Å². The zero-order chi connectivity index (χ0) is 12.8. The van der Waals surface area contributed by atoms with Gasteiger partial charge in [0.25, 0.3) is 0 Å². The fraction of sp³-hybridized carbons (Fsp3) is 0.462. The number of rotatable bonds is 6. The summed E-state index contributed by atoms with van der Waals surface area (Å²) in [5.74, 6) is 0.298. The second kappa shape index (κ2) is 7.95. The molecule has 0 aromatic heterocycles. The lowest BCUT2D eigenvalue weighted by Gasteiger charge is -2.10. The first kappa shape index (κ1) is 16.7. The summed E-state index contributed by atoms with van der Waals surface area (Å²) in [5, 5.41) is 8.69. The number of carbonyl (C=O) groups is 1. The van der Waals surface area contributed by atoms with Gasteiger partial charge in [0.1, 0.15) is 11.8 Å². The van der Waals surface area contributed by atoms with Gasteiger partial charge in [0.15, 0.2) is 0 Å². The standard InChI is InChI=1S/C13H19NO3.ClH/c1-9(2)8-17-11-5-3-10(4-6-11)7-12(14)13(15)16;/h3-6,9,12H,7-8,14H2,1-2H3,(H,15,16);1H/t12-;/m0./s1. The van der Waals surface area contributed by atoms with E-state index in [0.717, 1.165) is 11.3 Å². The Hall–Kier alpha value is -1.26. The van der Waals surface area contributed by atoms with Crippen molar-refractivity contribution >= 4 is 18.4 Å². The van der Waals surface area contributed by atoms with E-state index in [1.165, 1.54) is 0 Å². The van der Waals surface area contributed by atoms with Crippen LogP contribution in [0.2, 0.25) is 0 Å². The number of nitrogens with two attached hydrogens (primary N) is 1. The number of hydrogen-bond acceptors (Lipinski definition) is 3. The van der Waals surface area contributed by atoms with Crippen LogP contribution in [-0.2, 0) is 11.2 Å². The molecule has 0 unspecified atom stereocenters. The van der Waals surface area contributed by atoms with E-state index in [4.69, 9.17) is 15.6 Å². The first-order chi connectivity index (χ1) is 7.99. The van der Waals surface area contributed by atoms with Crippen molar-refractivity contribution in [3.63, 3.8) is 0 Å². The van der Waals surface area contributed by atoms with Crippen molar-refractivity contribution in [3.05, 3.63) is 29.8 Å². The van der Waals surface area contributed by atoms with Gasteiger partial charge in [-0.15, -0.1) is 12.4 Å². The maximum atomic E-state index is 10.6. The lowest BCUT2D eigenvalue weighted by molar-refractivity contribution is -0.138. The molecule has 0 saturated carbocycles. The smallest absolute Gasteiger partial charge is 0.320 e. The van der Waals surface area contributed by atoms with Gasteiger partial charge in [-0.3, -0.25) is 4.79 Å². The van der Waals surface area contributed by atoms with Crippen molar-refractivity contribution in [2.45, 2.75) is 26.3 Å². The average molecular weight is 274 g/mol. The molecule has 0 aliphatic carbocycles. The minimum atomic E-state index is -0.981. The second-order valence-electron chi connectivity index (χ2n) is 4.50. The number of carboxylic acids is 1. The molecule has 102 valence electrons. The highest BCUT2D eigenvalue weighted by Crippen LogP contribution is 2.14. The van der Waals surface area contributed by atoms with E-state index in [-0.39, 0.29) is 12.4 Å². The first-order valence-electron chi connectivity index (χ1n) is 5.69. The van der Waals surface area contributed by atoms with Gasteiger partial charge in [0.05, 0.1) is 6.61 Å². The Balaban J connectivity index is 0.00000289. The average Bonchev–Trinajstić information content (AvgIpc) is 2.28. The van der Waals surface area contributed by atoms with Gasteiger partial charge >= 0.3 is 5.97 Å². The largest absolute Gasteiger partial charge is 0.493 e. The molecule has 18 heavy (non-hydrogen) atoms. The van der Waals surface area contributed by atoms with Crippen LogP contribution in [0.25, 0.3) is 0 Å². The van der Waals surface area contributed by atoms with E-state index >= 15 is 0 Å². The Bertz CT molecular complexity index is 365. The number of benzene rings is 1. The van der Waals surface area contributed by atoms with Crippen molar-refractivity contribution in [2.75, 3.05) is 6.61 Å². The molecule has 0 radical (unpaired) electrons. The fourth-order valence-corrected chi connectivity index (χ4v) is 1.33. The van der Waals surface area contributed by atoms with Crippen molar-refractivity contribution in [1.29, 1.82) is 0 Å². The predicted molar refractivity (Wildman–Crippen MR) is 73.3 cm³/mol. The Morgan fingerprint density at radius 1 is 1.33 bits per heavy atom. The molecule has 0 amide bonds. The zero-order valence-corrected chi connectivity index (χ0v) is 11.4. The molecular formula is C13H20ClNO3. The van der Waals surface area contributed by atoms with Crippen LogP contribution in [0.1, 0.15) is 19.4 Å². The summed E-state index contributed by atoms with van der Waals surface area (Å²) in [6, 6.07) is 6.52. The SMILES string of the molecule is CC(C)COc1ccc(C[C@H](N)C(=O)O)cc1.Cl. The summed E-state index contributed by atoms with van der Waals surface area (Å²) in [6.45, 7) is 4.84. The summed E-state index contributed by atoms with van der Waals surface area (Å²) in [4.78, 5) is 10.6. The summed E-state index contributed by atoms with van der Waals surface area (Å²) in [6.07, 6.45) is 0.333. The first-order valence-corrected chi connectivity index (χ1v) is 5.69. The van der Waals surface area contributed by atoms with Crippen LogP contribution < -0.4 is 10.5 Å².